The molecule has 13 heteroatoms. The number of halogens is 2. The van der Waals surface area contributed by atoms with Crippen molar-refractivity contribution in [2.45, 2.75) is 19.6 Å². The summed E-state index contributed by atoms with van der Waals surface area (Å²) in [5.74, 6) is 0. The van der Waals surface area contributed by atoms with Gasteiger partial charge in [0, 0.05) is 49.6 Å². The first-order valence-electron chi connectivity index (χ1n) is 8.48. The van der Waals surface area contributed by atoms with E-state index in [9.17, 15) is 4.79 Å². The predicted octanol–water partition coefficient (Wildman–Crippen LogP) is 4.16. The van der Waals surface area contributed by atoms with Gasteiger partial charge >= 0.3 is 10.7 Å². The minimum atomic E-state index is -1.13. The highest BCUT2D eigenvalue weighted by atomic mass is 35.5. The number of nitrogens with zero attached hydrogens (tertiary/aromatic N) is 7. The first-order chi connectivity index (χ1) is 14.2. The van der Waals surface area contributed by atoms with Crippen molar-refractivity contribution in [2.24, 2.45) is 0 Å². The third-order valence-corrected chi connectivity index (χ3v) is 4.95. The van der Waals surface area contributed by atoms with E-state index >= 15 is 0 Å². The van der Waals surface area contributed by atoms with E-state index in [1.165, 1.54) is 21.8 Å². The summed E-state index contributed by atoms with van der Waals surface area (Å²) in [5, 5.41) is 0. The van der Waals surface area contributed by atoms with Gasteiger partial charge in [-0.25, -0.2) is 24.7 Å². The Morgan fingerprint density at radius 1 is 0.800 bits per heavy atom. The lowest BCUT2D eigenvalue weighted by Gasteiger charge is -2.16. The van der Waals surface area contributed by atoms with E-state index in [4.69, 9.17) is 4.79 Å². The van der Waals surface area contributed by atoms with Gasteiger partial charge in [-0.05, 0) is 23.2 Å². The summed E-state index contributed by atoms with van der Waals surface area (Å²) < 4.78 is 4.08. The van der Waals surface area contributed by atoms with Crippen LogP contribution in [0, 0.1) is 0 Å². The second kappa shape index (κ2) is 13.2. The Balaban J connectivity index is 0.000000220. The monoisotopic (exact) mass is 468 g/mol. The Kier molecular flexibility index (Phi) is 11.0. The van der Waals surface area contributed by atoms with E-state index in [-0.39, 0.29) is 6.03 Å². The highest BCUT2D eigenvalue weighted by molar-refractivity contribution is 6.93. The average molecular weight is 469 g/mol. The molecule has 0 unspecified atom stereocenters. The number of rotatable bonds is 1. The van der Waals surface area contributed by atoms with Crippen molar-refractivity contribution in [3.05, 3.63) is 74.9 Å². The molecule has 1 N–H and O–H groups in total. The number of H-pyrrole nitrogens is 1. The number of aromatic nitrogens is 8. The summed E-state index contributed by atoms with van der Waals surface area (Å²) in [6, 6.07) is -0.190. The maximum atomic E-state index is 11.4. The van der Waals surface area contributed by atoms with Crippen LogP contribution in [0.5, 0.6) is 0 Å². The number of aromatic amines is 1. The maximum absolute atomic E-state index is 11.4. The number of imidazole rings is 4. The second-order valence-electron chi connectivity index (χ2n) is 6.35. The van der Waals surface area contributed by atoms with Gasteiger partial charge in [-0.2, -0.15) is 0 Å². The zero-order valence-corrected chi connectivity index (χ0v) is 19.1. The molecule has 160 valence electrons. The summed E-state index contributed by atoms with van der Waals surface area (Å²) in [6.07, 6.45) is 20.0. The molecule has 4 aromatic heterocycles. The van der Waals surface area contributed by atoms with E-state index in [1.807, 2.05) is 18.7 Å². The van der Waals surface area contributed by atoms with Crippen LogP contribution in [0.3, 0.4) is 0 Å². The quantitative estimate of drug-likeness (QED) is 0.331. The normalized spacial score (nSPS) is 9.77. The van der Waals surface area contributed by atoms with Gasteiger partial charge in [0.2, 0.25) is 0 Å². The zero-order valence-electron chi connectivity index (χ0n) is 16.6. The standard InChI is InChI=1S/C7H6N4O.C6H12N2Si.C3H4N2.CCl2O/c12-7(10-3-1-8-5-10)11-4-2-9-6-11;1-9(2,3)8-5-4-7-6-8;1-2-5-3-4-1;2-1(3)4/h1-6H;4-6H,1-3H3;1-3H,(H,4,5);. The van der Waals surface area contributed by atoms with E-state index in [2.05, 4.69) is 72.0 Å². The molecule has 10 nitrogen and oxygen atoms in total. The molecule has 4 heterocycles. The van der Waals surface area contributed by atoms with Crippen molar-refractivity contribution in [1.29, 1.82) is 0 Å². The summed E-state index contributed by atoms with van der Waals surface area (Å²) >= 11 is 8.80. The van der Waals surface area contributed by atoms with Crippen LogP contribution in [0.4, 0.5) is 9.59 Å². The van der Waals surface area contributed by atoms with Gasteiger partial charge in [0.05, 0.1) is 12.7 Å². The van der Waals surface area contributed by atoms with Gasteiger partial charge in [0.1, 0.15) is 12.7 Å². The smallest absolute Gasteiger partial charge is 0.338 e. The molecule has 30 heavy (non-hydrogen) atoms. The third kappa shape index (κ3) is 10.5. The molecular formula is C17H22Cl2N8O2Si. The molecule has 0 saturated heterocycles. The summed E-state index contributed by atoms with van der Waals surface area (Å²) in [5.41, 5.74) is 0. The zero-order chi connectivity index (χ0) is 22.4. The molecule has 0 fully saturated rings. The summed E-state index contributed by atoms with van der Waals surface area (Å²) in [4.78, 5) is 38.3. The van der Waals surface area contributed by atoms with Crippen LogP contribution in [-0.4, -0.2) is 57.3 Å². The molecule has 0 bridgehead atoms. The molecule has 0 saturated carbocycles. The van der Waals surface area contributed by atoms with E-state index in [1.54, 1.807) is 43.5 Å². The topological polar surface area (TPSA) is 116 Å². The van der Waals surface area contributed by atoms with Gasteiger partial charge in [0.25, 0.3) is 0 Å². The van der Waals surface area contributed by atoms with Crippen molar-refractivity contribution < 1.29 is 9.59 Å². The Labute approximate surface area is 184 Å². The molecule has 0 atom stereocenters. The number of carbonyl (C=O) groups is 2. The van der Waals surface area contributed by atoms with Crippen molar-refractivity contribution in [1.82, 2.24) is 38.3 Å². The fourth-order valence-electron chi connectivity index (χ4n) is 1.75. The molecule has 4 aromatic rings. The van der Waals surface area contributed by atoms with Crippen molar-refractivity contribution in [3.8, 4) is 0 Å². The molecule has 0 radical (unpaired) electrons. The van der Waals surface area contributed by atoms with Crippen LogP contribution in [-0.2, 0) is 0 Å². The van der Waals surface area contributed by atoms with Crippen LogP contribution in [0.25, 0.3) is 0 Å². The lowest BCUT2D eigenvalue weighted by molar-refractivity contribution is 0.244. The number of nitrogens with one attached hydrogen (secondary N) is 1. The number of carbonyl (C=O) groups excluding carboxylic acids is 2. The Hall–Kier alpha value is -3.02. The van der Waals surface area contributed by atoms with Gasteiger partial charge < -0.3 is 9.22 Å². The lowest BCUT2D eigenvalue weighted by atomic mass is 10.8. The molecule has 0 aliphatic carbocycles. The highest BCUT2D eigenvalue weighted by Gasteiger charge is 2.13. The number of hydrogen-bond acceptors (Lipinski definition) is 6. The minimum Gasteiger partial charge on any atom is -0.365 e. The average Bonchev–Trinajstić information content (AvgIpc) is 3.51. The van der Waals surface area contributed by atoms with Gasteiger partial charge in [0.15, 0.2) is 8.24 Å². The van der Waals surface area contributed by atoms with Crippen molar-refractivity contribution in [3.63, 3.8) is 0 Å². The van der Waals surface area contributed by atoms with Crippen LogP contribution in [0.15, 0.2) is 74.9 Å². The summed E-state index contributed by atoms with van der Waals surface area (Å²) in [7, 11) is -1.13. The van der Waals surface area contributed by atoms with E-state index in [0.29, 0.717) is 0 Å². The third-order valence-electron chi connectivity index (χ3n) is 3.14. The van der Waals surface area contributed by atoms with Gasteiger partial charge in [-0.15, -0.1) is 0 Å². The predicted molar refractivity (Wildman–Crippen MR) is 117 cm³/mol. The van der Waals surface area contributed by atoms with E-state index < -0.39 is 12.9 Å². The molecule has 0 amide bonds. The SMILES string of the molecule is C[Si](C)(C)n1ccnc1.O=C(Cl)Cl.O=C(n1ccnc1)n1ccnc1.c1c[nH]cn1. The minimum absolute atomic E-state index is 0.190. The molecule has 0 aromatic carbocycles. The van der Waals surface area contributed by atoms with Crippen molar-refractivity contribution in [2.75, 3.05) is 0 Å². The lowest BCUT2D eigenvalue weighted by Crippen LogP contribution is -2.30. The highest BCUT2D eigenvalue weighted by Crippen LogP contribution is 2.03. The van der Waals surface area contributed by atoms with Crippen LogP contribution < -0.4 is 0 Å². The Morgan fingerprint density at radius 2 is 1.30 bits per heavy atom. The molecular weight excluding hydrogens is 447 g/mol. The maximum Gasteiger partial charge on any atom is 0.338 e. The first-order valence-corrected chi connectivity index (χ1v) is 12.7. The Morgan fingerprint density at radius 3 is 1.53 bits per heavy atom. The van der Waals surface area contributed by atoms with Gasteiger partial charge in [-0.3, -0.25) is 13.9 Å². The Bertz CT molecular complexity index is 877. The van der Waals surface area contributed by atoms with Crippen LogP contribution in [0.2, 0.25) is 19.6 Å². The molecule has 4 rings (SSSR count). The second-order valence-corrected chi connectivity index (χ2v) is 12.1. The van der Waals surface area contributed by atoms with Crippen LogP contribution in [0.1, 0.15) is 0 Å². The molecule has 0 spiro atoms. The largest absolute Gasteiger partial charge is 0.365 e. The van der Waals surface area contributed by atoms with Crippen LogP contribution >= 0.6 is 23.2 Å². The first kappa shape index (κ1) is 25.0. The molecule has 0 aliphatic heterocycles. The van der Waals surface area contributed by atoms with Crippen molar-refractivity contribution >= 4 is 42.2 Å². The fourth-order valence-corrected chi connectivity index (χ4v) is 2.68. The fraction of sp³-hybridized carbons (Fsp3) is 0.176. The van der Waals surface area contributed by atoms with Gasteiger partial charge in [-0.1, -0.05) is 19.6 Å². The summed E-state index contributed by atoms with van der Waals surface area (Å²) in [6.45, 7) is 6.86. The van der Waals surface area contributed by atoms with E-state index in [0.717, 1.165) is 0 Å². The molecule has 0 aliphatic rings. The number of hydrogen-bond donors (Lipinski definition) is 1.